The molecule has 0 atom stereocenters. The predicted molar refractivity (Wildman–Crippen MR) is 157 cm³/mol. The van der Waals surface area contributed by atoms with Crippen LogP contribution in [0, 0.1) is 13.8 Å². The molecular formula is C28H26N2O4S3. The monoisotopic (exact) mass is 550 g/mol. The summed E-state index contributed by atoms with van der Waals surface area (Å²) < 4.78 is 11.7. The van der Waals surface area contributed by atoms with Gasteiger partial charge in [0.25, 0.3) is 11.8 Å². The predicted octanol–water partition coefficient (Wildman–Crippen LogP) is 6.46. The van der Waals surface area contributed by atoms with Crippen LogP contribution in [0.3, 0.4) is 0 Å². The molecule has 0 bridgehead atoms. The molecule has 3 aromatic carbocycles. The van der Waals surface area contributed by atoms with E-state index in [0.29, 0.717) is 20.7 Å². The number of nitrogens with one attached hydrogen (secondary N) is 1. The highest BCUT2D eigenvalue weighted by Gasteiger charge is 2.33. The van der Waals surface area contributed by atoms with Gasteiger partial charge in [0.1, 0.15) is 0 Å². The number of anilines is 2. The summed E-state index contributed by atoms with van der Waals surface area (Å²) in [5, 5.41) is 2.84. The van der Waals surface area contributed by atoms with Gasteiger partial charge in [0.15, 0.2) is 22.4 Å². The highest BCUT2D eigenvalue weighted by molar-refractivity contribution is 8.27. The van der Waals surface area contributed by atoms with Crippen molar-refractivity contribution in [2.75, 3.05) is 30.2 Å². The van der Waals surface area contributed by atoms with Crippen molar-refractivity contribution in [2.24, 2.45) is 0 Å². The molecule has 0 aromatic heterocycles. The van der Waals surface area contributed by atoms with E-state index in [1.54, 1.807) is 40.9 Å². The number of carbonyl (C=O) groups excluding carboxylic acids is 2. The molecule has 4 rings (SSSR count). The van der Waals surface area contributed by atoms with E-state index in [9.17, 15) is 9.59 Å². The SMILES string of the molecule is COc1cc(/C=C2/SC(=S)N(c3cccc(SC)c3)C2=O)ccc1OCC(=O)Nc1ccc(C)c(C)c1. The molecule has 1 saturated heterocycles. The van der Waals surface area contributed by atoms with E-state index < -0.39 is 0 Å². The molecule has 0 saturated carbocycles. The normalized spacial score (nSPS) is 14.3. The maximum atomic E-state index is 13.2. The number of benzene rings is 3. The number of hydrogen-bond acceptors (Lipinski definition) is 7. The number of aryl methyl sites for hydroxylation is 2. The van der Waals surface area contributed by atoms with E-state index in [-0.39, 0.29) is 18.4 Å². The molecule has 1 heterocycles. The number of rotatable bonds is 8. The fourth-order valence-corrected chi connectivity index (χ4v) is 5.40. The zero-order valence-corrected chi connectivity index (χ0v) is 23.3. The van der Waals surface area contributed by atoms with Crippen LogP contribution >= 0.6 is 35.7 Å². The minimum Gasteiger partial charge on any atom is -0.493 e. The first-order chi connectivity index (χ1) is 17.8. The van der Waals surface area contributed by atoms with Gasteiger partial charge in [0.05, 0.1) is 17.7 Å². The molecule has 1 aliphatic rings. The highest BCUT2D eigenvalue weighted by atomic mass is 32.2. The molecule has 0 spiro atoms. The maximum absolute atomic E-state index is 13.2. The van der Waals surface area contributed by atoms with Crippen LogP contribution in [0.25, 0.3) is 6.08 Å². The van der Waals surface area contributed by atoms with Gasteiger partial charge in [0, 0.05) is 10.6 Å². The van der Waals surface area contributed by atoms with Gasteiger partial charge in [-0.3, -0.25) is 14.5 Å². The average molecular weight is 551 g/mol. The largest absolute Gasteiger partial charge is 0.493 e. The molecule has 1 N–H and O–H groups in total. The first-order valence-electron chi connectivity index (χ1n) is 11.4. The van der Waals surface area contributed by atoms with Crippen molar-refractivity contribution < 1.29 is 19.1 Å². The fourth-order valence-electron chi connectivity index (χ4n) is 3.64. The van der Waals surface area contributed by atoms with Crippen LogP contribution in [0.4, 0.5) is 11.4 Å². The van der Waals surface area contributed by atoms with E-state index in [4.69, 9.17) is 21.7 Å². The zero-order chi connectivity index (χ0) is 26.5. The number of carbonyl (C=O) groups is 2. The van der Waals surface area contributed by atoms with Gasteiger partial charge in [-0.2, -0.15) is 0 Å². The van der Waals surface area contributed by atoms with Gasteiger partial charge in [-0.15, -0.1) is 11.8 Å². The average Bonchev–Trinajstić information content (AvgIpc) is 3.17. The van der Waals surface area contributed by atoms with Gasteiger partial charge in [-0.1, -0.05) is 42.2 Å². The van der Waals surface area contributed by atoms with E-state index in [0.717, 1.165) is 33.0 Å². The summed E-state index contributed by atoms with van der Waals surface area (Å²) >= 11 is 8.36. The maximum Gasteiger partial charge on any atom is 0.270 e. The number of nitrogens with zero attached hydrogens (tertiary/aromatic N) is 1. The summed E-state index contributed by atoms with van der Waals surface area (Å²) in [6.45, 7) is 3.84. The standard InChI is InChI=1S/C28H26N2O4S3/c1-17-8-10-20(12-18(17)2)29-26(31)16-34-23-11-9-19(13-24(23)33-3)14-25-27(32)30(28(35)37-25)21-6-5-7-22(15-21)36-4/h5-15H,16H2,1-4H3,(H,29,31)/b25-14+. The van der Waals surface area contributed by atoms with E-state index in [1.807, 2.05) is 62.6 Å². The summed E-state index contributed by atoms with van der Waals surface area (Å²) in [7, 11) is 1.53. The zero-order valence-electron chi connectivity index (χ0n) is 20.9. The van der Waals surface area contributed by atoms with Crippen molar-refractivity contribution in [2.45, 2.75) is 18.7 Å². The van der Waals surface area contributed by atoms with Gasteiger partial charge >= 0.3 is 0 Å². The second-order valence-electron chi connectivity index (χ2n) is 8.26. The van der Waals surface area contributed by atoms with Gasteiger partial charge in [-0.05, 0) is 85.3 Å². The Bertz CT molecular complexity index is 1400. The highest BCUT2D eigenvalue weighted by Crippen LogP contribution is 2.38. The number of hydrogen-bond donors (Lipinski definition) is 1. The Balaban J connectivity index is 1.45. The van der Waals surface area contributed by atoms with Crippen LogP contribution in [0.5, 0.6) is 11.5 Å². The number of ether oxygens (including phenoxy) is 2. The summed E-state index contributed by atoms with van der Waals surface area (Å²) in [5.41, 5.74) is 4.48. The Morgan fingerprint density at radius 1 is 1.08 bits per heavy atom. The van der Waals surface area contributed by atoms with Crippen molar-refractivity contribution in [3.05, 3.63) is 82.3 Å². The van der Waals surface area contributed by atoms with Crippen molar-refractivity contribution >= 4 is 69.3 Å². The molecular weight excluding hydrogens is 525 g/mol. The smallest absolute Gasteiger partial charge is 0.270 e. The Kier molecular flexibility index (Phi) is 8.58. The molecule has 2 amide bonds. The van der Waals surface area contributed by atoms with Gasteiger partial charge in [-0.25, -0.2) is 0 Å². The van der Waals surface area contributed by atoms with Crippen molar-refractivity contribution in [3.8, 4) is 11.5 Å². The molecule has 1 aliphatic heterocycles. The van der Waals surface area contributed by atoms with Crippen molar-refractivity contribution in [1.29, 1.82) is 0 Å². The van der Waals surface area contributed by atoms with Gasteiger partial charge in [0.2, 0.25) is 0 Å². The lowest BCUT2D eigenvalue weighted by atomic mass is 10.1. The van der Waals surface area contributed by atoms with Crippen LogP contribution in [0.15, 0.2) is 70.5 Å². The molecule has 1 fully saturated rings. The van der Waals surface area contributed by atoms with Crippen molar-refractivity contribution in [3.63, 3.8) is 0 Å². The number of thioether (sulfide) groups is 2. The second-order valence-corrected chi connectivity index (χ2v) is 10.8. The van der Waals surface area contributed by atoms with Crippen molar-refractivity contribution in [1.82, 2.24) is 0 Å². The Labute approximate surface area is 230 Å². The van der Waals surface area contributed by atoms with Gasteiger partial charge < -0.3 is 14.8 Å². The molecule has 0 unspecified atom stereocenters. The fraction of sp³-hybridized carbons (Fsp3) is 0.179. The van der Waals surface area contributed by atoms with Crippen LogP contribution in [-0.2, 0) is 9.59 Å². The Morgan fingerprint density at radius 2 is 1.89 bits per heavy atom. The topological polar surface area (TPSA) is 67.9 Å². The van der Waals surface area contributed by atoms with E-state index >= 15 is 0 Å². The lowest BCUT2D eigenvalue weighted by Gasteiger charge is -2.15. The minimum absolute atomic E-state index is 0.170. The van der Waals surface area contributed by atoms with Crippen LogP contribution < -0.4 is 19.7 Å². The Hall–Kier alpha value is -3.27. The molecule has 37 heavy (non-hydrogen) atoms. The molecule has 3 aromatic rings. The third-order valence-electron chi connectivity index (χ3n) is 5.74. The van der Waals surface area contributed by atoms with Crippen LogP contribution in [0.2, 0.25) is 0 Å². The molecule has 0 aliphatic carbocycles. The number of thiocarbonyl (C=S) groups is 1. The van der Waals surface area contributed by atoms with E-state index in [1.165, 1.54) is 18.9 Å². The molecule has 9 heteroatoms. The second kappa shape index (κ2) is 11.9. The summed E-state index contributed by atoms with van der Waals surface area (Å²) in [5.74, 6) is 0.436. The third-order valence-corrected chi connectivity index (χ3v) is 7.77. The third kappa shape index (κ3) is 6.36. The quantitative estimate of drug-likeness (QED) is 0.196. The summed E-state index contributed by atoms with van der Waals surface area (Å²) in [6.07, 6.45) is 3.76. The van der Waals surface area contributed by atoms with Crippen LogP contribution in [0.1, 0.15) is 16.7 Å². The molecule has 190 valence electrons. The van der Waals surface area contributed by atoms with Crippen LogP contribution in [-0.4, -0.2) is 36.1 Å². The number of methoxy groups -OCH3 is 1. The number of amides is 2. The first-order valence-corrected chi connectivity index (χ1v) is 13.8. The Morgan fingerprint density at radius 3 is 2.62 bits per heavy atom. The molecule has 6 nitrogen and oxygen atoms in total. The van der Waals surface area contributed by atoms with E-state index in [2.05, 4.69) is 5.32 Å². The molecule has 0 radical (unpaired) electrons. The first kappa shape index (κ1) is 26.8. The summed E-state index contributed by atoms with van der Waals surface area (Å²) in [6, 6.07) is 18.8. The lowest BCUT2D eigenvalue weighted by Crippen LogP contribution is -2.27. The minimum atomic E-state index is -0.274. The lowest BCUT2D eigenvalue weighted by molar-refractivity contribution is -0.118. The summed E-state index contributed by atoms with van der Waals surface area (Å²) in [4.78, 5) is 28.7.